The Morgan fingerprint density at radius 1 is 1.38 bits per heavy atom. The summed E-state index contributed by atoms with van der Waals surface area (Å²) >= 11 is 0. The zero-order valence-electron chi connectivity index (χ0n) is 6.67. The van der Waals surface area contributed by atoms with Gasteiger partial charge in [-0.15, -0.1) is 0 Å². The third-order valence-electron chi connectivity index (χ3n) is 1.40. The van der Waals surface area contributed by atoms with Gasteiger partial charge in [-0.25, -0.2) is 9.97 Å². The molecule has 13 heavy (non-hydrogen) atoms. The Morgan fingerprint density at radius 3 is 2.62 bits per heavy atom. The van der Waals surface area contributed by atoms with E-state index in [4.69, 9.17) is 5.73 Å². The van der Waals surface area contributed by atoms with Crippen molar-refractivity contribution in [3.63, 3.8) is 0 Å². The van der Waals surface area contributed by atoms with Crippen LogP contribution in [0.15, 0.2) is 12.3 Å². The van der Waals surface area contributed by atoms with E-state index in [-0.39, 0.29) is 12.4 Å². The quantitative estimate of drug-likeness (QED) is 0.771. The molecular weight excluding hydrogens is 183 g/mol. The normalized spacial score (nSPS) is 11.6. The molecule has 0 unspecified atom stereocenters. The summed E-state index contributed by atoms with van der Waals surface area (Å²) in [5, 5.41) is 0. The second kappa shape index (κ2) is 3.59. The Hall–Kier alpha value is -1.33. The Kier molecular flexibility index (Phi) is 2.69. The van der Waals surface area contributed by atoms with Crippen molar-refractivity contribution in [2.75, 3.05) is 5.73 Å². The molecule has 0 atom stereocenters. The molecule has 0 aliphatic heterocycles. The first-order valence-electron chi connectivity index (χ1n) is 3.61. The van der Waals surface area contributed by atoms with Crippen molar-refractivity contribution in [1.29, 1.82) is 0 Å². The van der Waals surface area contributed by atoms with Crippen LogP contribution in [0.3, 0.4) is 0 Å². The Balaban J connectivity index is 2.55. The molecular formula is C7H8F3N3. The van der Waals surface area contributed by atoms with Crippen molar-refractivity contribution in [2.24, 2.45) is 0 Å². The maximum Gasteiger partial charge on any atom is 0.389 e. The van der Waals surface area contributed by atoms with Gasteiger partial charge in [-0.2, -0.15) is 13.2 Å². The summed E-state index contributed by atoms with van der Waals surface area (Å²) < 4.78 is 35.3. The van der Waals surface area contributed by atoms with Gasteiger partial charge in [0.25, 0.3) is 0 Å². The second-order valence-electron chi connectivity index (χ2n) is 2.52. The monoisotopic (exact) mass is 191 g/mol. The molecule has 0 fully saturated rings. The van der Waals surface area contributed by atoms with Crippen LogP contribution < -0.4 is 5.73 Å². The fourth-order valence-corrected chi connectivity index (χ4v) is 0.822. The lowest BCUT2D eigenvalue weighted by Gasteiger charge is -2.04. The molecule has 0 spiro atoms. The van der Waals surface area contributed by atoms with E-state index in [0.29, 0.717) is 5.69 Å². The Labute approximate surface area is 72.8 Å². The van der Waals surface area contributed by atoms with Gasteiger partial charge in [-0.1, -0.05) is 0 Å². The highest BCUT2D eigenvalue weighted by Crippen LogP contribution is 2.21. The van der Waals surface area contributed by atoms with E-state index in [1.807, 2.05) is 0 Å². The fraction of sp³-hybridized carbons (Fsp3) is 0.429. The van der Waals surface area contributed by atoms with E-state index in [1.54, 1.807) is 0 Å². The van der Waals surface area contributed by atoms with Crippen LogP contribution in [0, 0.1) is 0 Å². The van der Waals surface area contributed by atoms with Gasteiger partial charge in [0.2, 0.25) is 5.95 Å². The summed E-state index contributed by atoms with van der Waals surface area (Å²) in [6, 6.07) is 1.42. The van der Waals surface area contributed by atoms with Crippen LogP contribution in [0.2, 0.25) is 0 Å². The molecule has 1 heterocycles. The number of nitrogens with zero attached hydrogens (tertiary/aromatic N) is 2. The molecule has 3 nitrogen and oxygen atoms in total. The van der Waals surface area contributed by atoms with Crippen molar-refractivity contribution in [1.82, 2.24) is 9.97 Å². The van der Waals surface area contributed by atoms with E-state index in [1.165, 1.54) is 12.3 Å². The Bertz CT molecular complexity index is 285. The fourth-order valence-electron chi connectivity index (χ4n) is 0.822. The van der Waals surface area contributed by atoms with Crippen LogP contribution in [0.5, 0.6) is 0 Å². The third kappa shape index (κ3) is 3.73. The summed E-state index contributed by atoms with van der Waals surface area (Å²) in [6.45, 7) is 0. The standard InChI is InChI=1S/C7H8F3N3/c8-7(9,10)3-1-5-2-4-12-6(11)13-5/h2,4H,1,3H2,(H2,11,12,13). The molecule has 2 N–H and O–H groups in total. The number of nitrogens with two attached hydrogens (primary N) is 1. The molecule has 0 saturated heterocycles. The van der Waals surface area contributed by atoms with Crippen LogP contribution in [0.25, 0.3) is 0 Å². The van der Waals surface area contributed by atoms with Gasteiger partial charge in [0.15, 0.2) is 0 Å². The molecule has 0 aliphatic carbocycles. The van der Waals surface area contributed by atoms with E-state index in [9.17, 15) is 13.2 Å². The minimum absolute atomic E-state index is 0.000301. The molecule has 72 valence electrons. The van der Waals surface area contributed by atoms with Crippen molar-refractivity contribution in [3.8, 4) is 0 Å². The van der Waals surface area contributed by atoms with Gasteiger partial charge < -0.3 is 5.73 Å². The zero-order valence-corrected chi connectivity index (χ0v) is 6.67. The predicted molar refractivity (Wildman–Crippen MR) is 40.8 cm³/mol. The highest BCUT2D eigenvalue weighted by atomic mass is 19.4. The maximum absolute atomic E-state index is 11.8. The highest BCUT2D eigenvalue weighted by Gasteiger charge is 2.26. The van der Waals surface area contributed by atoms with Crippen LogP contribution >= 0.6 is 0 Å². The molecule has 1 aromatic heterocycles. The lowest BCUT2D eigenvalue weighted by Crippen LogP contribution is -2.09. The average molecular weight is 191 g/mol. The first kappa shape index (κ1) is 9.76. The molecule has 1 aromatic rings. The number of alkyl halides is 3. The molecule has 1 rings (SSSR count). The van der Waals surface area contributed by atoms with Gasteiger partial charge in [0.05, 0.1) is 0 Å². The molecule has 0 radical (unpaired) electrons. The zero-order chi connectivity index (χ0) is 9.90. The first-order valence-corrected chi connectivity index (χ1v) is 3.61. The van der Waals surface area contributed by atoms with Crippen LogP contribution in [0.4, 0.5) is 19.1 Å². The minimum Gasteiger partial charge on any atom is -0.368 e. The number of halogens is 3. The maximum atomic E-state index is 11.8. The number of aryl methyl sites for hydroxylation is 1. The van der Waals surface area contributed by atoms with Crippen molar-refractivity contribution < 1.29 is 13.2 Å². The molecule has 6 heteroatoms. The minimum atomic E-state index is -4.15. The molecule has 0 saturated carbocycles. The number of aromatic nitrogens is 2. The summed E-state index contributed by atoms with van der Waals surface area (Å²) in [6.07, 6.45) is -3.85. The van der Waals surface area contributed by atoms with Gasteiger partial charge in [0.1, 0.15) is 0 Å². The highest BCUT2D eigenvalue weighted by molar-refractivity contribution is 5.17. The predicted octanol–water partition coefficient (Wildman–Crippen LogP) is 1.55. The number of rotatable bonds is 2. The van der Waals surface area contributed by atoms with Crippen LogP contribution in [0.1, 0.15) is 12.1 Å². The van der Waals surface area contributed by atoms with Crippen molar-refractivity contribution >= 4 is 5.95 Å². The Morgan fingerprint density at radius 2 is 2.08 bits per heavy atom. The van der Waals surface area contributed by atoms with E-state index >= 15 is 0 Å². The number of nitrogen functional groups attached to an aromatic ring is 1. The van der Waals surface area contributed by atoms with E-state index in [2.05, 4.69) is 9.97 Å². The lowest BCUT2D eigenvalue weighted by atomic mass is 10.2. The topological polar surface area (TPSA) is 51.8 Å². The average Bonchev–Trinajstić information content (AvgIpc) is 2.00. The van der Waals surface area contributed by atoms with Crippen LogP contribution in [-0.2, 0) is 6.42 Å². The summed E-state index contributed by atoms with van der Waals surface area (Å²) in [5.41, 5.74) is 5.50. The molecule has 0 bridgehead atoms. The summed E-state index contributed by atoms with van der Waals surface area (Å²) in [7, 11) is 0. The summed E-state index contributed by atoms with van der Waals surface area (Å²) in [4.78, 5) is 7.21. The van der Waals surface area contributed by atoms with Gasteiger partial charge in [-0.3, -0.25) is 0 Å². The van der Waals surface area contributed by atoms with Crippen molar-refractivity contribution in [3.05, 3.63) is 18.0 Å². The number of hydrogen-bond acceptors (Lipinski definition) is 3. The third-order valence-corrected chi connectivity index (χ3v) is 1.40. The lowest BCUT2D eigenvalue weighted by molar-refractivity contribution is -0.134. The van der Waals surface area contributed by atoms with E-state index in [0.717, 1.165) is 0 Å². The molecule has 0 aliphatic rings. The van der Waals surface area contributed by atoms with E-state index < -0.39 is 12.6 Å². The molecule has 0 aromatic carbocycles. The first-order chi connectivity index (χ1) is 5.97. The second-order valence-corrected chi connectivity index (χ2v) is 2.52. The number of anilines is 1. The molecule has 0 amide bonds. The number of hydrogen-bond donors (Lipinski definition) is 1. The van der Waals surface area contributed by atoms with Crippen LogP contribution in [-0.4, -0.2) is 16.1 Å². The van der Waals surface area contributed by atoms with Gasteiger partial charge in [-0.05, 0) is 12.5 Å². The largest absolute Gasteiger partial charge is 0.389 e. The van der Waals surface area contributed by atoms with Crippen molar-refractivity contribution in [2.45, 2.75) is 19.0 Å². The smallest absolute Gasteiger partial charge is 0.368 e. The SMILES string of the molecule is Nc1nccc(CCC(F)(F)F)n1. The summed E-state index contributed by atoms with van der Waals surface area (Å²) in [5.74, 6) is -0.000301. The van der Waals surface area contributed by atoms with Gasteiger partial charge in [0, 0.05) is 18.3 Å². The van der Waals surface area contributed by atoms with Gasteiger partial charge >= 0.3 is 6.18 Å².